The zero-order chi connectivity index (χ0) is 32.7. The molecule has 2 aliphatic carbocycles. The molecule has 1 aromatic rings. The molecule has 0 spiro atoms. The fourth-order valence-corrected chi connectivity index (χ4v) is 5.49. The molecule has 0 atom stereocenters. The van der Waals surface area contributed by atoms with Crippen LogP contribution in [0.1, 0.15) is 114 Å². The van der Waals surface area contributed by atoms with Crippen molar-refractivity contribution in [2.75, 3.05) is 14.2 Å². The van der Waals surface area contributed by atoms with Crippen LogP contribution in [0, 0.1) is 0 Å². The molecule has 0 unspecified atom stereocenters. The van der Waals surface area contributed by atoms with Crippen LogP contribution in [0.4, 0.5) is 9.59 Å². The van der Waals surface area contributed by atoms with Gasteiger partial charge in [0, 0.05) is 30.2 Å². The van der Waals surface area contributed by atoms with Crippen molar-refractivity contribution in [3.05, 3.63) is 23.3 Å². The molecular formula is C32H50N4O8. The first-order chi connectivity index (χ1) is 20.6. The Balaban J connectivity index is 1.58. The number of rotatable bonds is 8. The summed E-state index contributed by atoms with van der Waals surface area (Å²) in [7, 11) is 2.92. The van der Waals surface area contributed by atoms with Crippen LogP contribution in [-0.4, -0.2) is 73.6 Å². The minimum atomic E-state index is -0.567. The molecule has 2 saturated carbocycles. The molecule has 12 heteroatoms. The van der Waals surface area contributed by atoms with Gasteiger partial charge in [-0.1, -0.05) is 0 Å². The summed E-state index contributed by atoms with van der Waals surface area (Å²) in [5.41, 5.74) is -0.666. The molecule has 246 valence electrons. The van der Waals surface area contributed by atoms with Crippen molar-refractivity contribution in [3.63, 3.8) is 0 Å². The Bertz CT molecular complexity index is 1090. The number of carbonyl (C=O) groups is 4. The van der Waals surface area contributed by atoms with Gasteiger partial charge >= 0.3 is 12.2 Å². The number of benzene rings is 1. The second-order valence-corrected chi connectivity index (χ2v) is 13.6. The van der Waals surface area contributed by atoms with Crippen LogP contribution in [0.15, 0.2) is 12.1 Å². The van der Waals surface area contributed by atoms with E-state index < -0.39 is 23.4 Å². The molecule has 3 rings (SSSR count). The van der Waals surface area contributed by atoms with Crippen molar-refractivity contribution in [1.29, 1.82) is 0 Å². The van der Waals surface area contributed by atoms with E-state index in [9.17, 15) is 19.2 Å². The van der Waals surface area contributed by atoms with Crippen molar-refractivity contribution in [3.8, 4) is 11.5 Å². The smallest absolute Gasteiger partial charge is 0.407 e. The predicted octanol–water partition coefficient (Wildman–Crippen LogP) is 4.84. The second-order valence-electron chi connectivity index (χ2n) is 13.6. The Morgan fingerprint density at radius 2 is 0.841 bits per heavy atom. The third-order valence-corrected chi connectivity index (χ3v) is 7.58. The second kappa shape index (κ2) is 14.9. The van der Waals surface area contributed by atoms with E-state index in [1.165, 1.54) is 20.3 Å². The van der Waals surface area contributed by atoms with E-state index in [0.717, 1.165) is 0 Å². The zero-order valence-electron chi connectivity index (χ0n) is 27.4. The van der Waals surface area contributed by atoms with Gasteiger partial charge in [0.2, 0.25) is 0 Å². The largest absolute Gasteiger partial charge is 0.496 e. The Labute approximate surface area is 260 Å². The van der Waals surface area contributed by atoms with Crippen LogP contribution in [0.25, 0.3) is 0 Å². The van der Waals surface area contributed by atoms with E-state index in [4.69, 9.17) is 18.9 Å². The predicted molar refractivity (Wildman–Crippen MR) is 165 cm³/mol. The summed E-state index contributed by atoms with van der Waals surface area (Å²) in [6.45, 7) is 10.9. The van der Waals surface area contributed by atoms with Gasteiger partial charge in [0.25, 0.3) is 11.8 Å². The van der Waals surface area contributed by atoms with E-state index in [1.807, 2.05) is 41.5 Å². The Morgan fingerprint density at radius 1 is 0.545 bits per heavy atom. The van der Waals surface area contributed by atoms with Gasteiger partial charge in [0.1, 0.15) is 22.7 Å². The number of methoxy groups -OCH3 is 2. The van der Waals surface area contributed by atoms with Crippen LogP contribution in [0.3, 0.4) is 0 Å². The van der Waals surface area contributed by atoms with E-state index in [0.29, 0.717) is 62.9 Å². The summed E-state index contributed by atoms with van der Waals surface area (Å²) in [6, 6.07) is 2.83. The molecular weight excluding hydrogens is 568 g/mol. The van der Waals surface area contributed by atoms with Crippen LogP contribution in [0.2, 0.25) is 0 Å². The lowest BCUT2D eigenvalue weighted by Crippen LogP contribution is -2.45. The maximum atomic E-state index is 13.4. The van der Waals surface area contributed by atoms with E-state index in [2.05, 4.69) is 21.3 Å². The third-order valence-electron chi connectivity index (χ3n) is 7.58. The molecule has 0 radical (unpaired) electrons. The van der Waals surface area contributed by atoms with Crippen LogP contribution in [-0.2, 0) is 9.47 Å². The van der Waals surface area contributed by atoms with E-state index >= 15 is 0 Å². The van der Waals surface area contributed by atoms with Crippen molar-refractivity contribution >= 4 is 24.0 Å². The van der Waals surface area contributed by atoms with Gasteiger partial charge in [0.15, 0.2) is 0 Å². The maximum absolute atomic E-state index is 13.4. The summed E-state index contributed by atoms with van der Waals surface area (Å²) in [5.74, 6) is -0.110. The van der Waals surface area contributed by atoms with Gasteiger partial charge in [-0.15, -0.1) is 0 Å². The van der Waals surface area contributed by atoms with Crippen molar-refractivity contribution in [2.24, 2.45) is 0 Å². The molecule has 12 nitrogen and oxygen atoms in total. The number of alkyl carbamates (subject to hydrolysis) is 2. The Morgan fingerprint density at radius 3 is 1.11 bits per heavy atom. The SMILES string of the molecule is COc1cc(OC)c(C(=O)N[C@H]2CC[C@H](NC(=O)OC(C)(C)C)CC2)cc1C(=O)N[C@H]1CC[C@H](NC(=O)OC(C)(C)C)CC1. The molecule has 0 aromatic heterocycles. The highest BCUT2D eigenvalue weighted by atomic mass is 16.6. The van der Waals surface area contributed by atoms with E-state index in [-0.39, 0.29) is 47.1 Å². The summed E-state index contributed by atoms with van der Waals surface area (Å²) < 4.78 is 21.7. The highest BCUT2D eigenvalue weighted by molar-refractivity contribution is 6.03. The summed E-state index contributed by atoms with van der Waals surface area (Å²) in [6.07, 6.45) is 4.66. The normalized spacial score (nSPS) is 22.2. The van der Waals surface area contributed by atoms with Crippen molar-refractivity contribution in [2.45, 2.75) is 128 Å². The van der Waals surface area contributed by atoms with Gasteiger partial charge in [-0.25, -0.2) is 9.59 Å². The molecule has 4 amide bonds. The van der Waals surface area contributed by atoms with Gasteiger partial charge < -0.3 is 40.2 Å². The number of nitrogens with one attached hydrogen (secondary N) is 4. The molecule has 4 N–H and O–H groups in total. The average molecular weight is 619 g/mol. The number of amides is 4. The van der Waals surface area contributed by atoms with Crippen molar-refractivity contribution in [1.82, 2.24) is 21.3 Å². The number of hydrogen-bond donors (Lipinski definition) is 4. The minimum Gasteiger partial charge on any atom is -0.496 e. The number of hydrogen-bond acceptors (Lipinski definition) is 8. The maximum Gasteiger partial charge on any atom is 0.407 e. The van der Waals surface area contributed by atoms with Gasteiger partial charge in [-0.2, -0.15) is 0 Å². The number of carbonyl (C=O) groups excluding carboxylic acids is 4. The quantitative estimate of drug-likeness (QED) is 0.323. The standard InChI is InChI=1S/C32H50N4O8/c1-31(2,3)43-29(39)35-21-13-9-19(10-14-21)33-27(37)23-17-24(26(42-8)18-25(23)41-7)28(38)34-20-11-15-22(16-12-20)36-30(40)44-32(4,5)6/h17-22H,9-16H2,1-8H3,(H,33,37)(H,34,38)(H,35,39)(H,36,40)/t19-,20-,21-,22-. The molecule has 44 heavy (non-hydrogen) atoms. The first-order valence-corrected chi connectivity index (χ1v) is 15.4. The van der Waals surface area contributed by atoms with Gasteiger partial charge in [0.05, 0.1) is 25.3 Å². The monoisotopic (exact) mass is 618 g/mol. The van der Waals surface area contributed by atoms with Crippen molar-refractivity contribution < 1.29 is 38.1 Å². The van der Waals surface area contributed by atoms with Gasteiger partial charge in [-0.3, -0.25) is 9.59 Å². The zero-order valence-corrected chi connectivity index (χ0v) is 27.4. The van der Waals surface area contributed by atoms with E-state index in [1.54, 1.807) is 6.07 Å². The Kier molecular flexibility index (Phi) is 11.7. The molecule has 0 bridgehead atoms. The molecule has 2 fully saturated rings. The average Bonchev–Trinajstić information content (AvgIpc) is 2.92. The van der Waals surface area contributed by atoms with Crippen LogP contribution in [0.5, 0.6) is 11.5 Å². The summed E-state index contributed by atoms with van der Waals surface area (Å²) in [4.78, 5) is 51.0. The summed E-state index contributed by atoms with van der Waals surface area (Å²) >= 11 is 0. The molecule has 0 saturated heterocycles. The molecule has 0 aliphatic heterocycles. The summed E-state index contributed by atoms with van der Waals surface area (Å²) in [5, 5.41) is 11.9. The lowest BCUT2D eigenvalue weighted by Gasteiger charge is -2.31. The topological polar surface area (TPSA) is 153 Å². The Hall–Kier alpha value is -3.70. The highest BCUT2D eigenvalue weighted by Gasteiger charge is 2.30. The highest BCUT2D eigenvalue weighted by Crippen LogP contribution is 2.31. The lowest BCUT2D eigenvalue weighted by atomic mass is 9.90. The molecule has 0 heterocycles. The lowest BCUT2D eigenvalue weighted by molar-refractivity contribution is 0.0477. The molecule has 2 aliphatic rings. The first-order valence-electron chi connectivity index (χ1n) is 15.4. The minimum absolute atomic E-state index is 0.0213. The molecule has 1 aromatic carbocycles. The fourth-order valence-electron chi connectivity index (χ4n) is 5.49. The third kappa shape index (κ3) is 10.8. The van der Waals surface area contributed by atoms with Crippen LogP contribution < -0.4 is 30.7 Å². The first kappa shape index (κ1) is 34.8. The van der Waals surface area contributed by atoms with Crippen LogP contribution >= 0.6 is 0 Å². The number of ether oxygens (including phenoxy) is 4. The fraction of sp³-hybridized carbons (Fsp3) is 0.688. The van der Waals surface area contributed by atoms with Gasteiger partial charge in [-0.05, 0) is 99.0 Å².